The normalized spacial score (nSPS) is 15.5. The molecule has 1 aromatic heterocycles. The summed E-state index contributed by atoms with van der Waals surface area (Å²) in [5.41, 5.74) is 10.7. The molecule has 70 valence electrons. The maximum absolute atomic E-state index is 5.64. The molecule has 0 unspecified atom stereocenters. The molecular formula is C11H16N2. The molecule has 2 heteroatoms. The van der Waals surface area contributed by atoms with E-state index in [0.29, 0.717) is 6.54 Å². The quantitative estimate of drug-likeness (QED) is 0.707. The molecule has 1 aliphatic carbocycles. The van der Waals surface area contributed by atoms with Crippen LogP contribution in [0.3, 0.4) is 0 Å². The van der Waals surface area contributed by atoms with Crippen molar-refractivity contribution in [2.75, 3.05) is 0 Å². The van der Waals surface area contributed by atoms with Gasteiger partial charge in [-0.1, -0.05) is 6.07 Å². The van der Waals surface area contributed by atoms with Crippen LogP contribution in [-0.4, -0.2) is 4.98 Å². The Morgan fingerprint density at radius 2 is 2.15 bits per heavy atom. The SMILES string of the molecule is Cc1nc2c(cc1CN)CCCC2. The lowest BCUT2D eigenvalue weighted by molar-refractivity contribution is 0.662. The number of rotatable bonds is 1. The van der Waals surface area contributed by atoms with E-state index in [4.69, 9.17) is 5.73 Å². The van der Waals surface area contributed by atoms with Gasteiger partial charge in [0.1, 0.15) is 0 Å². The molecule has 0 aromatic carbocycles. The number of pyridine rings is 1. The predicted molar refractivity (Wildman–Crippen MR) is 53.5 cm³/mol. The van der Waals surface area contributed by atoms with Crippen LogP contribution in [-0.2, 0) is 19.4 Å². The molecule has 0 bridgehead atoms. The zero-order chi connectivity index (χ0) is 9.26. The Hall–Kier alpha value is -0.890. The Morgan fingerprint density at radius 3 is 2.92 bits per heavy atom. The molecule has 0 atom stereocenters. The smallest absolute Gasteiger partial charge is 0.0438 e. The number of nitrogens with zero attached hydrogens (tertiary/aromatic N) is 1. The molecule has 13 heavy (non-hydrogen) atoms. The maximum atomic E-state index is 5.64. The largest absolute Gasteiger partial charge is 0.326 e. The third kappa shape index (κ3) is 1.59. The van der Waals surface area contributed by atoms with Gasteiger partial charge in [-0.2, -0.15) is 0 Å². The van der Waals surface area contributed by atoms with E-state index in [1.807, 2.05) is 0 Å². The average molecular weight is 176 g/mol. The minimum Gasteiger partial charge on any atom is -0.326 e. The van der Waals surface area contributed by atoms with Crippen LogP contribution >= 0.6 is 0 Å². The highest BCUT2D eigenvalue weighted by Gasteiger charge is 2.12. The fraction of sp³-hybridized carbons (Fsp3) is 0.545. The summed E-state index contributed by atoms with van der Waals surface area (Å²) in [6, 6.07) is 2.25. The molecule has 1 heterocycles. The van der Waals surface area contributed by atoms with Gasteiger partial charge in [-0.3, -0.25) is 4.98 Å². The Balaban J connectivity index is 2.44. The number of hydrogen-bond acceptors (Lipinski definition) is 2. The highest BCUT2D eigenvalue weighted by Crippen LogP contribution is 2.21. The molecule has 0 saturated carbocycles. The number of aryl methyl sites for hydroxylation is 3. The summed E-state index contributed by atoms with van der Waals surface area (Å²) in [5.74, 6) is 0. The molecule has 0 saturated heterocycles. The second-order valence-corrected chi connectivity index (χ2v) is 3.75. The van der Waals surface area contributed by atoms with E-state index in [0.717, 1.165) is 12.1 Å². The Labute approximate surface area is 79.2 Å². The van der Waals surface area contributed by atoms with Crippen LogP contribution in [0.1, 0.15) is 35.4 Å². The molecule has 1 aliphatic rings. The van der Waals surface area contributed by atoms with E-state index in [2.05, 4.69) is 18.0 Å². The lowest BCUT2D eigenvalue weighted by Crippen LogP contribution is -2.10. The molecule has 0 fully saturated rings. The Morgan fingerprint density at radius 1 is 1.38 bits per heavy atom. The highest BCUT2D eigenvalue weighted by molar-refractivity contribution is 5.31. The van der Waals surface area contributed by atoms with Crippen molar-refractivity contribution in [3.05, 3.63) is 28.6 Å². The van der Waals surface area contributed by atoms with E-state index in [1.54, 1.807) is 0 Å². The zero-order valence-electron chi connectivity index (χ0n) is 8.14. The van der Waals surface area contributed by atoms with Gasteiger partial charge >= 0.3 is 0 Å². The maximum Gasteiger partial charge on any atom is 0.0438 e. The lowest BCUT2D eigenvalue weighted by Gasteiger charge is -2.16. The van der Waals surface area contributed by atoms with Gasteiger partial charge in [0.05, 0.1) is 0 Å². The van der Waals surface area contributed by atoms with E-state index in [1.165, 1.54) is 36.1 Å². The fourth-order valence-electron chi connectivity index (χ4n) is 1.99. The van der Waals surface area contributed by atoms with Gasteiger partial charge in [-0.05, 0) is 43.7 Å². The first kappa shape index (κ1) is 8.70. The van der Waals surface area contributed by atoms with Crippen molar-refractivity contribution >= 4 is 0 Å². The Bertz CT molecular complexity index is 318. The van der Waals surface area contributed by atoms with Crippen LogP contribution in [0.25, 0.3) is 0 Å². The molecule has 2 nitrogen and oxygen atoms in total. The van der Waals surface area contributed by atoms with Crippen molar-refractivity contribution in [1.29, 1.82) is 0 Å². The van der Waals surface area contributed by atoms with Crippen LogP contribution < -0.4 is 5.73 Å². The number of aromatic nitrogens is 1. The van der Waals surface area contributed by atoms with E-state index >= 15 is 0 Å². The molecule has 2 N–H and O–H groups in total. The van der Waals surface area contributed by atoms with Gasteiger partial charge in [0.25, 0.3) is 0 Å². The van der Waals surface area contributed by atoms with Crippen molar-refractivity contribution in [3.63, 3.8) is 0 Å². The monoisotopic (exact) mass is 176 g/mol. The Kier molecular flexibility index (Phi) is 2.32. The summed E-state index contributed by atoms with van der Waals surface area (Å²) < 4.78 is 0. The summed E-state index contributed by atoms with van der Waals surface area (Å²) in [6.07, 6.45) is 4.94. The van der Waals surface area contributed by atoms with Crippen molar-refractivity contribution in [2.45, 2.75) is 39.2 Å². The first-order valence-electron chi connectivity index (χ1n) is 4.99. The number of fused-ring (bicyclic) bond motifs is 1. The average Bonchev–Trinajstić information content (AvgIpc) is 2.17. The van der Waals surface area contributed by atoms with Crippen LogP contribution in [0, 0.1) is 6.92 Å². The standard InChI is InChI=1S/C11H16N2/c1-8-10(7-12)6-9-4-2-3-5-11(9)13-8/h6H,2-5,7,12H2,1H3. The second-order valence-electron chi connectivity index (χ2n) is 3.75. The molecular weight excluding hydrogens is 160 g/mol. The predicted octanol–water partition coefficient (Wildman–Crippen LogP) is 1.73. The van der Waals surface area contributed by atoms with Crippen LogP contribution in [0.2, 0.25) is 0 Å². The van der Waals surface area contributed by atoms with Gasteiger partial charge < -0.3 is 5.73 Å². The second kappa shape index (κ2) is 3.46. The minimum atomic E-state index is 0.617. The van der Waals surface area contributed by atoms with Crippen molar-refractivity contribution < 1.29 is 0 Å². The number of nitrogens with two attached hydrogens (primary N) is 1. The summed E-state index contributed by atoms with van der Waals surface area (Å²) in [6.45, 7) is 2.67. The van der Waals surface area contributed by atoms with Gasteiger partial charge in [0, 0.05) is 17.9 Å². The zero-order valence-corrected chi connectivity index (χ0v) is 8.14. The third-order valence-corrected chi connectivity index (χ3v) is 2.82. The molecule has 1 aromatic rings. The first-order chi connectivity index (χ1) is 6.31. The van der Waals surface area contributed by atoms with Crippen LogP contribution in [0.4, 0.5) is 0 Å². The fourth-order valence-corrected chi connectivity index (χ4v) is 1.99. The van der Waals surface area contributed by atoms with Gasteiger partial charge in [-0.15, -0.1) is 0 Å². The van der Waals surface area contributed by atoms with Crippen molar-refractivity contribution in [2.24, 2.45) is 5.73 Å². The molecule has 0 spiro atoms. The summed E-state index contributed by atoms with van der Waals surface area (Å²) >= 11 is 0. The third-order valence-electron chi connectivity index (χ3n) is 2.82. The van der Waals surface area contributed by atoms with Crippen molar-refractivity contribution in [1.82, 2.24) is 4.98 Å². The van der Waals surface area contributed by atoms with E-state index in [-0.39, 0.29) is 0 Å². The van der Waals surface area contributed by atoms with Gasteiger partial charge in [0.15, 0.2) is 0 Å². The van der Waals surface area contributed by atoms with E-state index < -0.39 is 0 Å². The van der Waals surface area contributed by atoms with Crippen LogP contribution in [0.15, 0.2) is 6.07 Å². The van der Waals surface area contributed by atoms with Crippen LogP contribution in [0.5, 0.6) is 0 Å². The number of hydrogen-bond donors (Lipinski definition) is 1. The van der Waals surface area contributed by atoms with Crippen molar-refractivity contribution in [3.8, 4) is 0 Å². The van der Waals surface area contributed by atoms with E-state index in [9.17, 15) is 0 Å². The summed E-state index contributed by atoms with van der Waals surface area (Å²) in [4.78, 5) is 4.60. The molecule has 0 amide bonds. The lowest BCUT2D eigenvalue weighted by atomic mass is 9.94. The summed E-state index contributed by atoms with van der Waals surface area (Å²) in [5, 5.41) is 0. The van der Waals surface area contributed by atoms with Gasteiger partial charge in [0.2, 0.25) is 0 Å². The molecule has 0 aliphatic heterocycles. The first-order valence-corrected chi connectivity index (χ1v) is 4.99. The summed E-state index contributed by atoms with van der Waals surface area (Å²) in [7, 11) is 0. The topological polar surface area (TPSA) is 38.9 Å². The minimum absolute atomic E-state index is 0.617. The molecule has 2 rings (SSSR count). The van der Waals surface area contributed by atoms with Gasteiger partial charge in [-0.25, -0.2) is 0 Å². The highest BCUT2D eigenvalue weighted by atomic mass is 14.7. The molecule has 0 radical (unpaired) electrons.